The van der Waals surface area contributed by atoms with Crippen molar-refractivity contribution < 1.29 is 18.8 Å². The molecule has 26 heavy (non-hydrogen) atoms. The molecule has 1 fully saturated rings. The SMILES string of the molecule is CCN(CC)CCCNC(=O)C(=O)N1CCN(C(=O)c2ccco2)CC1. The molecule has 144 valence electrons. The molecule has 1 N–H and O–H groups in total. The molecule has 1 aromatic rings. The van der Waals surface area contributed by atoms with Gasteiger partial charge in [0.15, 0.2) is 5.76 Å². The van der Waals surface area contributed by atoms with Crippen molar-refractivity contribution in [2.75, 3.05) is 52.4 Å². The van der Waals surface area contributed by atoms with E-state index < -0.39 is 11.8 Å². The summed E-state index contributed by atoms with van der Waals surface area (Å²) >= 11 is 0. The third-order valence-electron chi connectivity index (χ3n) is 4.61. The Balaban J connectivity index is 1.70. The van der Waals surface area contributed by atoms with E-state index in [0.717, 1.165) is 26.1 Å². The molecule has 3 amide bonds. The molecule has 0 aliphatic carbocycles. The number of hydrogen-bond donors (Lipinski definition) is 1. The topological polar surface area (TPSA) is 86.1 Å². The van der Waals surface area contributed by atoms with Crippen LogP contribution in [0.3, 0.4) is 0 Å². The molecule has 0 spiro atoms. The maximum absolute atomic E-state index is 12.2. The van der Waals surface area contributed by atoms with Crippen LogP contribution in [0.15, 0.2) is 22.8 Å². The molecule has 0 atom stereocenters. The minimum Gasteiger partial charge on any atom is -0.459 e. The lowest BCUT2D eigenvalue weighted by Crippen LogP contribution is -2.53. The van der Waals surface area contributed by atoms with Gasteiger partial charge in [0.25, 0.3) is 5.91 Å². The van der Waals surface area contributed by atoms with Crippen molar-refractivity contribution in [2.24, 2.45) is 0 Å². The van der Waals surface area contributed by atoms with Crippen LogP contribution in [0.1, 0.15) is 30.8 Å². The first-order valence-corrected chi connectivity index (χ1v) is 9.19. The first kappa shape index (κ1) is 20.0. The lowest BCUT2D eigenvalue weighted by Gasteiger charge is -2.33. The van der Waals surface area contributed by atoms with Gasteiger partial charge in [-0.1, -0.05) is 13.8 Å². The number of carbonyl (C=O) groups is 3. The molecular formula is C18H28N4O4. The molecule has 1 aromatic heterocycles. The highest BCUT2D eigenvalue weighted by molar-refractivity contribution is 6.35. The second-order valence-electron chi connectivity index (χ2n) is 6.20. The molecule has 8 nitrogen and oxygen atoms in total. The Bertz CT molecular complexity index is 590. The monoisotopic (exact) mass is 364 g/mol. The maximum atomic E-state index is 12.2. The fraction of sp³-hybridized carbons (Fsp3) is 0.611. The Morgan fingerprint density at radius 1 is 1.12 bits per heavy atom. The summed E-state index contributed by atoms with van der Waals surface area (Å²) in [6, 6.07) is 3.28. The van der Waals surface area contributed by atoms with E-state index >= 15 is 0 Å². The molecule has 8 heteroatoms. The highest BCUT2D eigenvalue weighted by atomic mass is 16.3. The molecular weight excluding hydrogens is 336 g/mol. The molecule has 0 aromatic carbocycles. The lowest BCUT2D eigenvalue weighted by atomic mass is 10.2. The van der Waals surface area contributed by atoms with Crippen LogP contribution >= 0.6 is 0 Å². The fourth-order valence-corrected chi connectivity index (χ4v) is 2.93. The van der Waals surface area contributed by atoms with Crippen molar-refractivity contribution in [3.63, 3.8) is 0 Å². The summed E-state index contributed by atoms with van der Waals surface area (Å²) in [5.41, 5.74) is 0. The van der Waals surface area contributed by atoms with Gasteiger partial charge in [0.2, 0.25) is 0 Å². The molecule has 0 saturated carbocycles. The molecule has 2 heterocycles. The van der Waals surface area contributed by atoms with Crippen LogP contribution in [0.2, 0.25) is 0 Å². The van der Waals surface area contributed by atoms with E-state index in [1.54, 1.807) is 17.0 Å². The highest BCUT2D eigenvalue weighted by Crippen LogP contribution is 2.09. The van der Waals surface area contributed by atoms with Crippen LogP contribution in [0, 0.1) is 0 Å². The summed E-state index contributed by atoms with van der Waals surface area (Å²) in [6.45, 7) is 9.00. The van der Waals surface area contributed by atoms with Crippen LogP contribution in [-0.2, 0) is 9.59 Å². The van der Waals surface area contributed by atoms with Crippen LogP contribution in [-0.4, -0.2) is 84.8 Å². The third-order valence-corrected chi connectivity index (χ3v) is 4.61. The number of nitrogens with one attached hydrogen (secondary N) is 1. The largest absolute Gasteiger partial charge is 0.459 e. The molecule has 1 aliphatic rings. The number of amides is 3. The van der Waals surface area contributed by atoms with Crippen LogP contribution in [0.4, 0.5) is 0 Å². The Kier molecular flexibility index (Phi) is 7.65. The highest BCUT2D eigenvalue weighted by Gasteiger charge is 2.28. The van der Waals surface area contributed by atoms with Crippen molar-refractivity contribution in [3.8, 4) is 0 Å². The fourth-order valence-electron chi connectivity index (χ4n) is 2.93. The van der Waals surface area contributed by atoms with Gasteiger partial charge >= 0.3 is 11.8 Å². The molecule has 1 saturated heterocycles. The average molecular weight is 364 g/mol. The lowest BCUT2D eigenvalue weighted by molar-refractivity contribution is -0.146. The minimum absolute atomic E-state index is 0.192. The van der Waals surface area contributed by atoms with Crippen molar-refractivity contribution in [1.29, 1.82) is 0 Å². The summed E-state index contributed by atoms with van der Waals surface area (Å²) in [7, 11) is 0. The normalized spacial score (nSPS) is 14.6. The van der Waals surface area contributed by atoms with Gasteiger partial charge in [-0.25, -0.2) is 0 Å². The van der Waals surface area contributed by atoms with Gasteiger partial charge in [-0.2, -0.15) is 0 Å². The second kappa shape index (κ2) is 9.96. The smallest absolute Gasteiger partial charge is 0.312 e. The molecule has 0 unspecified atom stereocenters. The number of carbonyl (C=O) groups excluding carboxylic acids is 3. The van der Waals surface area contributed by atoms with E-state index in [1.807, 2.05) is 0 Å². The molecule has 0 radical (unpaired) electrons. The number of furan rings is 1. The van der Waals surface area contributed by atoms with E-state index in [-0.39, 0.29) is 11.7 Å². The van der Waals surface area contributed by atoms with Gasteiger partial charge in [0.05, 0.1) is 6.26 Å². The summed E-state index contributed by atoms with van der Waals surface area (Å²) in [5.74, 6) is -1.01. The van der Waals surface area contributed by atoms with E-state index in [4.69, 9.17) is 4.42 Å². The van der Waals surface area contributed by atoms with Crippen molar-refractivity contribution in [2.45, 2.75) is 20.3 Å². The summed E-state index contributed by atoms with van der Waals surface area (Å²) < 4.78 is 5.11. The van der Waals surface area contributed by atoms with Crippen LogP contribution in [0.25, 0.3) is 0 Å². The first-order chi connectivity index (χ1) is 12.6. The molecule has 0 bridgehead atoms. The van der Waals surface area contributed by atoms with E-state index in [1.165, 1.54) is 11.2 Å². The zero-order valence-electron chi connectivity index (χ0n) is 15.6. The summed E-state index contributed by atoms with van der Waals surface area (Å²) in [5, 5.41) is 2.69. The Hall–Kier alpha value is -2.35. The first-order valence-electron chi connectivity index (χ1n) is 9.19. The Labute approximate surface area is 154 Å². The van der Waals surface area contributed by atoms with Gasteiger partial charge in [0.1, 0.15) is 0 Å². The summed E-state index contributed by atoms with van der Waals surface area (Å²) in [4.78, 5) is 41.8. The van der Waals surface area contributed by atoms with Crippen LogP contribution < -0.4 is 5.32 Å². The van der Waals surface area contributed by atoms with Gasteiger partial charge < -0.3 is 24.4 Å². The Morgan fingerprint density at radius 3 is 2.35 bits per heavy atom. The second-order valence-corrected chi connectivity index (χ2v) is 6.20. The Morgan fingerprint density at radius 2 is 1.77 bits per heavy atom. The molecule has 1 aliphatic heterocycles. The number of nitrogens with zero attached hydrogens (tertiary/aromatic N) is 3. The zero-order valence-corrected chi connectivity index (χ0v) is 15.6. The standard InChI is InChI=1S/C18H28N4O4/c1-3-20(4-2)9-6-8-19-16(23)18(25)22-12-10-21(11-13-22)17(24)15-7-5-14-26-15/h5,7,14H,3-4,6,8-13H2,1-2H3,(H,19,23). The van der Waals surface area contributed by atoms with E-state index in [9.17, 15) is 14.4 Å². The number of rotatable bonds is 7. The predicted molar refractivity (Wildman–Crippen MR) is 96.6 cm³/mol. The summed E-state index contributed by atoms with van der Waals surface area (Å²) in [6.07, 6.45) is 2.27. The van der Waals surface area contributed by atoms with Gasteiger partial charge in [-0.05, 0) is 38.2 Å². The van der Waals surface area contributed by atoms with Crippen molar-refractivity contribution in [1.82, 2.24) is 20.0 Å². The molecule has 2 rings (SSSR count). The predicted octanol–water partition coefficient (Wildman–Crippen LogP) is 0.412. The maximum Gasteiger partial charge on any atom is 0.312 e. The van der Waals surface area contributed by atoms with Crippen molar-refractivity contribution in [3.05, 3.63) is 24.2 Å². The van der Waals surface area contributed by atoms with Gasteiger partial charge in [0, 0.05) is 32.7 Å². The minimum atomic E-state index is -0.574. The van der Waals surface area contributed by atoms with E-state index in [0.29, 0.717) is 32.7 Å². The zero-order chi connectivity index (χ0) is 18.9. The van der Waals surface area contributed by atoms with Gasteiger partial charge in [-0.3, -0.25) is 14.4 Å². The number of hydrogen-bond acceptors (Lipinski definition) is 5. The number of piperazine rings is 1. The quantitative estimate of drug-likeness (QED) is 0.560. The van der Waals surface area contributed by atoms with Gasteiger partial charge in [-0.15, -0.1) is 0 Å². The third kappa shape index (κ3) is 5.32. The van der Waals surface area contributed by atoms with E-state index in [2.05, 4.69) is 24.1 Å². The average Bonchev–Trinajstić information content (AvgIpc) is 3.21. The van der Waals surface area contributed by atoms with Crippen LogP contribution in [0.5, 0.6) is 0 Å². The van der Waals surface area contributed by atoms with Crippen molar-refractivity contribution >= 4 is 17.7 Å².